The molecule has 1 aromatic carbocycles. The third kappa shape index (κ3) is 4.40. The Balaban J connectivity index is 2.86. The molecular weight excluding hydrogens is 264 g/mol. The number of nitrogens with one attached hydrogen (secondary N) is 1. The van der Waals surface area contributed by atoms with Gasteiger partial charge in [-0.2, -0.15) is 0 Å². The molecule has 1 unspecified atom stereocenters. The Labute approximate surface area is 119 Å². The Hall–Kier alpha value is -1.26. The molecule has 0 radical (unpaired) electrons. The van der Waals surface area contributed by atoms with Crippen LogP contribution in [0.1, 0.15) is 24.2 Å². The third-order valence-electron chi connectivity index (χ3n) is 2.91. The number of hydrogen-bond acceptors (Lipinski definition) is 3. The molecule has 0 bridgehead atoms. The van der Waals surface area contributed by atoms with Crippen LogP contribution in [0.15, 0.2) is 24.3 Å². The molecule has 0 spiro atoms. The first-order chi connectivity index (χ1) is 9.13. The van der Waals surface area contributed by atoms with Gasteiger partial charge in [-0.15, -0.1) is 11.6 Å². The summed E-state index contributed by atoms with van der Waals surface area (Å²) in [5.74, 6) is 0.160. The van der Waals surface area contributed by atoms with Gasteiger partial charge in [0.15, 0.2) is 0 Å². The van der Waals surface area contributed by atoms with Crippen molar-refractivity contribution in [1.29, 1.82) is 0 Å². The molecule has 1 atom stereocenters. The minimum atomic E-state index is -0.627. The Morgan fingerprint density at radius 1 is 1.37 bits per heavy atom. The van der Waals surface area contributed by atoms with E-state index in [0.29, 0.717) is 25.2 Å². The molecule has 19 heavy (non-hydrogen) atoms. The first kappa shape index (κ1) is 15.8. The maximum absolute atomic E-state index is 12.3. The zero-order valence-corrected chi connectivity index (χ0v) is 12.2. The summed E-state index contributed by atoms with van der Waals surface area (Å²) >= 11 is 5.55. The standard InChI is InChI=1S/C14H21ClN2O2/c1-3-17(4-2)14(19)12-7-5-6-8-13(12)16-10-11(18)9-15/h5-8,11,16,18H,3-4,9-10H2,1-2H3. The van der Waals surface area contributed by atoms with Gasteiger partial charge < -0.3 is 15.3 Å². The van der Waals surface area contributed by atoms with Crippen LogP contribution in [0, 0.1) is 0 Å². The molecule has 2 N–H and O–H groups in total. The van der Waals surface area contributed by atoms with E-state index in [1.54, 1.807) is 11.0 Å². The molecule has 106 valence electrons. The van der Waals surface area contributed by atoms with Gasteiger partial charge in [0.2, 0.25) is 0 Å². The van der Waals surface area contributed by atoms with Gasteiger partial charge in [-0.1, -0.05) is 12.1 Å². The fourth-order valence-corrected chi connectivity index (χ4v) is 1.90. The summed E-state index contributed by atoms with van der Waals surface area (Å²) in [6.07, 6.45) is -0.627. The van der Waals surface area contributed by atoms with Crippen LogP contribution in [0.5, 0.6) is 0 Å². The number of benzene rings is 1. The molecule has 0 saturated carbocycles. The summed E-state index contributed by atoms with van der Waals surface area (Å²) in [5.41, 5.74) is 1.34. The highest BCUT2D eigenvalue weighted by molar-refractivity contribution is 6.18. The number of aliphatic hydroxyl groups is 1. The van der Waals surface area contributed by atoms with E-state index >= 15 is 0 Å². The van der Waals surface area contributed by atoms with Gasteiger partial charge in [-0.3, -0.25) is 4.79 Å². The van der Waals surface area contributed by atoms with Crippen molar-refractivity contribution in [3.8, 4) is 0 Å². The molecule has 1 amide bonds. The Kier molecular flexibility index (Phi) is 6.67. The molecule has 0 aliphatic heterocycles. The van der Waals surface area contributed by atoms with E-state index in [4.69, 9.17) is 11.6 Å². The number of carbonyl (C=O) groups is 1. The molecule has 0 fully saturated rings. The van der Waals surface area contributed by atoms with Gasteiger partial charge >= 0.3 is 0 Å². The highest BCUT2D eigenvalue weighted by atomic mass is 35.5. The average Bonchev–Trinajstić information content (AvgIpc) is 2.46. The van der Waals surface area contributed by atoms with Gasteiger partial charge in [0.25, 0.3) is 5.91 Å². The zero-order valence-electron chi connectivity index (χ0n) is 11.4. The normalized spacial score (nSPS) is 12.0. The highest BCUT2D eigenvalue weighted by Crippen LogP contribution is 2.17. The molecule has 5 heteroatoms. The van der Waals surface area contributed by atoms with Crippen molar-refractivity contribution in [1.82, 2.24) is 4.90 Å². The lowest BCUT2D eigenvalue weighted by Crippen LogP contribution is -2.31. The van der Waals surface area contributed by atoms with Crippen LogP contribution >= 0.6 is 11.6 Å². The summed E-state index contributed by atoms with van der Waals surface area (Å²) in [6, 6.07) is 7.31. The molecule has 0 aliphatic carbocycles. The summed E-state index contributed by atoms with van der Waals surface area (Å²) in [4.78, 5) is 14.1. The second-order valence-electron chi connectivity index (χ2n) is 4.21. The predicted molar refractivity (Wildman–Crippen MR) is 78.9 cm³/mol. The molecule has 1 aromatic rings. The van der Waals surface area contributed by atoms with Crippen molar-refractivity contribution in [2.24, 2.45) is 0 Å². The van der Waals surface area contributed by atoms with Crippen LogP contribution in [0.3, 0.4) is 0 Å². The van der Waals surface area contributed by atoms with Gasteiger partial charge in [0.1, 0.15) is 0 Å². The average molecular weight is 285 g/mol. The van der Waals surface area contributed by atoms with E-state index in [2.05, 4.69) is 5.32 Å². The monoisotopic (exact) mass is 284 g/mol. The van der Waals surface area contributed by atoms with Crippen molar-refractivity contribution in [2.75, 3.05) is 30.8 Å². The van der Waals surface area contributed by atoms with Gasteiger partial charge in [0.05, 0.1) is 17.5 Å². The molecule has 0 saturated heterocycles. The first-order valence-electron chi connectivity index (χ1n) is 6.50. The van der Waals surface area contributed by atoms with Gasteiger partial charge in [-0.25, -0.2) is 0 Å². The lowest BCUT2D eigenvalue weighted by Gasteiger charge is -2.21. The van der Waals surface area contributed by atoms with Crippen LogP contribution in [0.2, 0.25) is 0 Å². The van der Waals surface area contributed by atoms with Crippen LogP contribution < -0.4 is 5.32 Å². The Morgan fingerprint density at radius 2 is 2.00 bits per heavy atom. The fourth-order valence-electron chi connectivity index (χ4n) is 1.79. The van der Waals surface area contributed by atoms with Crippen molar-refractivity contribution >= 4 is 23.2 Å². The number of anilines is 1. The highest BCUT2D eigenvalue weighted by Gasteiger charge is 2.16. The van der Waals surface area contributed by atoms with Crippen molar-refractivity contribution in [3.63, 3.8) is 0 Å². The number of hydrogen-bond donors (Lipinski definition) is 2. The van der Waals surface area contributed by atoms with E-state index in [1.807, 2.05) is 32.0 Å². The number of alkyl halides is 1. The molecular formula is C14H21ClN2O2. The number of halogens is 1. The number of para-hydroxylation sites is 1. The predicted octanol–water partition coefficient (Wildman–Crippen LogP) is 2.18. The summed E-state index contributed by atoms with van der Waals surface area (Å²) in [6.45, 7) is 5.58. The van der Waals surface area contributed by atoms with Crippen LogP contribution in [0.25, 0.3) is 0 Å². The van der Waals surface area contributed by atoms with Crippen molar-refractivity contribution in [3.05, 3.63) is 29.8 Å². The van der Waals surface area contributed by atoms with Crippen molar-refractivity contribution in [2.45, 2.75) is 20.0 Å². The molecule has 1 rings (SSSR count). The second kappa shape index (κ2) is 8.02. The Morgan fingerprint density at radius 3 is 2.58 bits per heavy atom. The van der Waals surface area contributed by atoms with E-state index in [0.717, 1.165) is 5.69 Å². The van der Waals surface area contributed by atoms with E-state index in [-0.39, 0.29) is 11.8 Å². The lowest BCUT2D eigenvalue weighted by molar-refractivity contribution is 0.0774. The largest absolute Gasteiger partial charge is 0.390 e. The maximum Gasteiger partial charge on any atom is 0.255 e. The Bertz CT molecular complexity index is 408. The van der Waals surface area contributed by atoms with Gasteiger partial charge in [0, 0.05) is 25.3 Å². The van der Waals surface area contributed by atoms with Gasteiger partial charge in [-0.05, 0) is 26.0 Å². The lowest BCUT2D eigenvalue weighted by atomic mass is 10.1. The van der Waals surface area contributed by atoms with E-state index < -0.39 is 6.10 Å². The van der Waals surface area contributed by atoms with Crippen LogP contribution in [-0.2, 0) is 0 Å². The van der Waals surface area contributed by atoms with Crippen LogP contribution in [-0.4, -0.2) is 47.5 Å². The number of aliphatic hydroxyl groups excluding tert-OH is 1. The molecule has 0 aliphatic rings. The SMILES string of the molecule is CCN(CC)C(=O)c1ccccc1NCC(O)CCl. The molecule has 0 heterocycles. The van der Waals surface area contributed by atoms with Crippen molar-refractivity contribution < 1.29 is 9.90 Å². The maximum atomic E-state index is 12.3. The summed E-state index contributed by atoms with van der Waals surface area (Å²) < 4.78 is 0. The number of amides is 1. The quantitative estimate of drug-likeness (QED) is 0.755. The number of rotatable bonds is 7. The summed E-state index contributed by atoms with van der Waals surface area (Å²) in [5, 5.41) is 12.5. The zero-order chi connectivity index (χ0) is 14.3. The van der Waals surface area contributed by atoms with E-state index in [9.17, 15) is 9.90 Å². The van der Waals surface area contributed by atoms with E-state index in [1.165, 1.54) is 0 Å². The first-order valence-corrected chi connectivity index (χ1v) is 7.03. The number of carbonyl (C=O) groups excluding carboxylic acids is 1. The minimum Gasteiger partial charge on any atom is -0.390 e. The summed E-state index contributed by atoms with van der Waals surface area (Å²) in [7, 11) is 0. The topological polar surface area (TPSA) is 52.6 Å². The third-order valence-corrected chi connectivity index (χ3v) is 3.27. The number of nitrogens with zero attached hydrogens (tertiary/aromatic N) is 1. The molecule has 4 nitrogen and oxygen atoms in total. The smallest absolute Gasteiger partial charge is 0.255 e. The van der Waals surface area contributed by atoms with Crippen LogP contribution in [0.4, 0.5) is 5.69 Å². The minimum absolute atomic E-state index is 0.00605. The second-order valence-corrected chi connectivity index (χ2v) is 4.52. The fraction of sp³-hybridized carbons (Fsp3) is 0.500. The molecule has 0 aromatic heterocycles.